The highest BCUT2D eigenvalue weighted by atomic mass is 32.3. The zero-order valence-corrected chi connectivity index (χ0v) is 7.47. The van der Waals surface area contributed by atoms with E-state index in [0.29, 0.717) is 0 Å². The molecule has 0 spiro atoms. The summed E-state index contributed by atoms with van der Waals surface area (Å²) in [6.07, 6.45) is 0. The molecule has 0 radical (unpaired) electrons. The molecule has 1 aromatic rings. The second-order valence-corrected chi connectivity index (χ2v) is 3.58. The van der Waals surface area contributed by atoms with Crippen LogP contribution in [0.25, 0.3) is 0 Å². The summed E-state index contributed by atoms with van der Waals surface area (Å²) >= 11 is 0. The number of para-hydroxylation sites is 1. The fraction of sp³-hybridized carbons (Fsp3) is 0.143. The molecular formula is C7H5F3O3S. The third-order valence-corrected chi connectivity index (χ3v) is 2.19. The summed E-state index contributed by atoms with van der Waals surface area (Å²) in [5.41, 5.74) is 0. The van der Waals surface area contributed by atoms with Gasteiger partial charge in [0.25, 0.3) is 0 Å². The average molecular weight is 226 g/mol. The largest absolute Gasteiger partial charge is 0.433 e. The SMILES string of the molecule is O=S(=O)(F)c1ccccc1OC(F)F. The molecule has 0 amide bonds. The van der Waals surface area contributed by atoms with E-state index in [4.69, 9.17) is 0 Å². The zero-order valence-electron chi connectivity index (χ0n) is 6.65. The van der Waals surface area contributed by atoms with Gasteiger partial charge < -0.3 is 4.74 Å². The van der Waals surface area contributed by atoms with Crippen molar-refractivity contribution in [2.75, 3.05) is 0 Å². The maximum atomic E-state index is 12.5. The fourth-order valence-electron chi connectivity index (χ4n) is 0.845. The molecule has 78 valence electrons. The van der Waals surface area contributed by atoms with E-state index in [1.807, 2.05) is 0 Å². The van der Waals surface area contributed by atoms with Crippen molar-refractivity contribution in [3.8, 4) is 5.75 Å². The van der Waals surface area contributed by atoms with Gasteiger partial charge in [0.2, 0.25) is 0 Å². The molecule has 0 saturated carbocycles. The highest BCUT2D eigenvalue weighted by Crippen LogP contribution is 2.26. The molecule has 0 aromatic heterocycles. The van der Waals surface area contributed by atoms with E-state index in [9.17, 15) is 21.1 Å². The third kappa shape index (κ3) is 2.63. The first kappa shape index (κ1) is 10.8. The van der Waals surface area contributed by atoms with Crippen molar-refractivity contribution < 1.29 is 25.8 Å². The van der Waals surface area contributed by atoms with Crippen molar-refractivity contribution in [2.24, 2.45) is 0 Å². The van der Waals surface area contributed by atoms with Crippen molar-refractivity contribution in [3.05, 3.63) is 24.3 Å². The molecule has 1 rings (SSSR count). The van der Waals surface area contributed by atoms with Gasteiger partial charge in [0, 0.05) is 0 Å². The number of benzene rings is 1. The van der Waals surface area contributed by atoms with Crippen LogP contribution in [-0.4, -0.2) is 15.0 Å². The first-order chi connectivity index (χ1) is 6.41. The van der Waals surface area contributed by atoms with Crippen molar-refractivity contribution >= 4 is 10.2 Å². The van der Waals surface area contributed by atoms with Crippen molar-refractivity contribution in [1.29, 1.82) is 0 Å². The van der Waals surface area contributed by atoms with E-state index in [1.165, 1.54) is 12.1 Å². The lowest BCUT2D eigenvalue weighted by molar-refractivity contribution is -0.0517. The molecule has 7 heteroatoms. The van der Waals surface area contributed by atoms with Gasteiger partial charge >= 0.3 is 16.8 Å². The van der Waals surface area contributed by atoms with Gasteiger partial charge in [0.1, 0.15) is 10.6 Å². The van der Waals surface area contributed by atoms with Gasteiger partial charge in [0.05, 0.1) is 0 Å². The Labute approximate surface area is 78.3 Å². The van der Waals surface area contributed by atoms with Gasteiger partial charge in [0.15, 0.2) is 0 Å². The minimum atomic E-state index is -5.04. The van der Waals surface area contributed by atoms with Crippen LogP contribution in [0.15, 0.2) is 29.2 Å². The van der Waals surface area contributed by atoms with Crippen molar-refractivity contribution in [1.82, 2.24) is 0 Å². The highest BCUT2D eigenvalue weighted by Gasteiger charge is 2.19. The lowest BCUT2D eigenvalue weighted by Gasteiger charge is -2.06. The van der Waals surface area contributed by atoms with Gasteiger partial charge in [-0.2, -0.15) is 17.2 Å². The Balaban J connectivity index is 3.17. The van der Waals surface area contributed by atoms with E-state index in [-0.39, 0.29) is 0 Å². The minimum Gasteiger partial charge on any atom is -0.433 e. The number of rotatable bonds is 3. The molecule has 0 aliphatic carbocycles. The van der Waals surface area contributed by atoms with E-state index < -0.39 is 27.5 Å². The highest BCUT2D eigenvalue weighted by molar-refractivity contribution is 7.86. The summed E-state index contributed by atoms with van der Waals surface area (Å²) in [4.78, 5) is -0.902. The summed E-state index contributed by atoms with van der Waals surface area (Å²) in [5.74, 6) is -0.704. The summed E-state index contributed by atoms with van der Waals surface area (Å²) in [7, 11) is -5.04. The van der Waals surface area contributed by atoms with Gasteiger partial charge in [-0.25, -0.2) is 0 Å². The van der Waals surface area contributed by atoms with Crippen LogP contribution in [0, 0.1) is 0 Å². The average Bonchev–Trinajstić information content (AvgIpc) is 2.01. The number of hydrogen-bond acceptors (Lipinski definition) is 3. The predicted octanol–water partition coefficient (Wildman–Crippen LogP) is 1.95. The fourth-order valence-corrected chi connectivity index (χ4v) is 1.44. The van der Waals surface area contributed by atoms with E-state index in [2.05, 4.69) is 4.74 Å². The van der Waals surface area contributed by atoms with Crippen molar-refractivity contribution in [2.45, 2.75) is 11.5 Å². The van der Waals surface area contributed by atoms with Crippen LogP contribution in [0.2, 0.25) is 0 Å². The Morgan fingerprint density at radius 3 is 2.29 bits per heavy atom. The quantitative estimate of drug-likeness (QED) is 0.740. The maximum absolute atomic E-state index is 12.5. The normalized spacial score (nSPS) is 11.7. The van der Waals surface area contributed by atoms with Gasteiger partial charge in [-0.15, -0.1) is 3.89 Å². The molecule has 3 nitrogen and oxygen atoms in total. The summed E-state index contributed by atoms with van der Waals surface area (Å²) in [6.45, 7) is -3.20. The zero-order chi connectivity index (χ0) is 10.8. The molecular weight excluding hydrogens is 221 g/mol. The van der Waals surface area contributed by atoms with Gasteiger partial charge in [-0.3, -0.25) is 0 Å². The molecule has 0 unspecified atom stereocenters. The lowest BCUT2D eigenvalue weighted by atomic mass is 10.3. The second-order valence-electron chi connectivity index (χ2n) is 2.26. The number of alkyl halides is 2. The Morgan fingerprint density at radius 2 is 1.79 bits per heavy atom. The smallest absolute Gasteiger partial charge is 0.387 e. The Hall–Kier alpha value is -1.24. The van der Waals surface area contributed by atoms with E-state index >= 15 is 0 Å². The van der Waals surface area contributed by atoms with Crippen LogP contribution in [-0.2, 0) is 10.2 Å². The Morgan fingerprint density at radius 1 is 1.21 bits per heavy atom. The molecule has 14 heavy (non-hydrogen) atoms. The molecule has 1 aromatic carbocycles. The first-order valence-electron chi connectivity index (χ1n) is 3.40. The first-order valence-corrected chi connectivity index (χ1v) is 4.78. The summed E-state index contributed by atoms with van der Waals surface area (Å²) in [5, 5.41) is 0. The number of halogens is 3. The topological polar surface area (TPSA) is 43.4 Å². The third-order valence-electron chi connectivity index (χ3n) is 1.33. The number of ether oxygens (including phenoxy) is 1. The van der Waals surface area contributed by atoms with Crippen LogP contribution in [0.5, 0.6) is 5.75 Å². The monoisotopic (exact) mass is 226 g/mol. The number of hydrogen-bond donors (Lipinski definition) is 0. The molecule has 0 heterocycles. The Kier molecular flexibility index (Phi) is 3.00. The lowest BCUT2D eigenvalue weighted by Crippen LogP contribution is -2.05. The van der Waals surface area contributed by atoms with Gasteiger partial charge in [-0.1, -0.05) is 12.1 Å². The van der Waals surface area contributed by atoms with Crippen LogP contribution in [0.4, 0.5) is 12.7 Å². The summed E-state index contributed by atoms with van der Waals surface area (Å²) < 4.78 is 60.7. The molecule has 0 aliphatic heterocycles. The summed E-state index contributed by atoms with van der Waals surface area (Å²) in [6, 6.07) is 4.24. The standard InChI is InChI=1S/C7H5F3O3S/c8-7(9)13-5-3-1-2-4-6(5)14(10,11)12/h1-4,7H. The van der Waals surface area contributed by atoms with E-state index in [0.717, 1.165) is 12.1 Å². The van der Waals surface area contributed by atoms with E-state index in [1.54, 1.807) is 0 Å². The molecule has 0 atom stereocenters. The van der Waals surface area contributed by atoms with Crippen LogP contribution in [0.3, 0.4) is 0 Å². The molecule has 0 saturated heterocycles. The minimum absolute atomic E-state index is 0.704. The van der Waals surface area contributed by atoms with Crippen LogP contribution < -0.4 is 4.74 Å². The molecule has 0 aliphatic rings. The maximum Gasteiger partial charge on any atom is 0.387 e. The molecule has 0 bridgehead atoms. The molecule has 0 N–H and O–H groups in total. The second kappa shape index (κ2) is 3.87. The molecule has 0 fully saturated rings. The Bertz CT molecular complexity index is 416. The van der Waals surface area contributed by atoms with Crippen LogP contribution in [0.1, 0.15) is 0 Å². The van der Waals surface area contributed by atoms with Gasteiger partial charge in [-0.05, 0) is 12.1 Å². The van der Waals surface area contributed by atoms with Crippen molar-refractivity contribution in [3.63, 3.8) is 0 Å². The van der Waals surface area contributed by atoms with Crippen LogP contribution >= 0.6 is 0 Å². The predicted molar refractivity (Wildman–Crippen MR) is 41.4 cm³/mol.